The molecule has 0 aromatic carbocycles. The molecule has 2 fully saturated rings. The minimum atomic E-state index is -4.64. The lowest BCUT2D eigenvalue weighted by Crippen LogP contribution is -2.36. The number of anilines is 3. The number of amides is 1. The van der Waals surface area contributed by atoms with Gasteiger partial charge < -0.3 is 33.8 Å². The largest absolute Gasteiger partial charge is 0.444 e. The molecule has 4 aromatic rings. The molecule has 39 heavy (non-hydrogen) atoms. The number of hydrogen-bond donors (Lipinski definition) is 2. The normalized spacial score (nSPS) is 18.2. The average molecular weight is 545 g/mol. The topological polar surface area (TPSA) is 143 Å². The van der Waals surface area contributed by atoms with Gasteiger partial charge >= 0.3 is 6.18 Å². The van der Waals surface area contributed by atoms with Gasteiger partial charge in [0, 0.05) is 44.0 Å². The Balaban J connectivity index is 1.29. The quantitative estimate of drug-likeness (QED) is 0.382. The third kappa shape index (κ3) is 5.09. The van der Waals surface area contributed by atoms with E-state index in [1.807, 2.05) is 9.80 Å². The number of morpholine rings is 1. The van der Waals surface area contributed by atoms with Crippen molar-refractivity contribution in [3.63, 3.8) is 0 Å². The van der Waals surface area contributed by atoms with Crippen molar-refractivity contribution >= 4 is 34.7 Å². The van der Waals surface area contributed by atoms with Crippen LogP contribution in [-0.4, -0.2) is 76.4 Å². The van der Waals surface area contributed by atoms with Gasteiger partial charge in [-0.1, -0.05) is 0 Å². The van der Waals surface area contributed by atoms with Gasteiger partial charge in [0.15, 0.2) is 17.1 Å². The van der Waals surface area contributed by atoms with Crippen molar-refractivity contribution in [2.24, 2.45) is 0 Å². The number of oxazole rings is 2. The second-order valence-corrected chi connectivity index (χ2v) is 9.09. The smallest absolute Gasteiger partial charge is 0.433 e. The number of β-amino-alcohol motifs (C(OH)–C–C–N with tert-alkyl or cyclic N) is 1. The maximum absolute atomic E-state index is 13.1. The number of nitrogens with one attached hydrogen (secondary N) is 1. The predicted octanol–water partition coefficient (Wildman–Crippen LogP) is 2.95. The molecule has 6 heterocycles. The van der Waals surface area contributed by atoms with E-state index in [9.17, 15) is 23.1 Å². The molecule has 2 aliphatic rings. The van der Waals surface area contributed by atoms with E-state index < -0.39 is 23.9 Å². The zero-order chi connectivity index (χ0) is 27.1. The van der Waals surface area contributed by atoms with Crippen molar-refractivity contribution in [2.45, 2.75) is 18.7 Å². The molecule has 2 aliphatic heterocycles. The average Bonchev–Trinajstić information content (AvgIpc) is 3.68. The number of hydrogen-bond acceptors (Lipinski definition) is 11. The van der Waals surface area contributed by atoms with Crippen LogP contribution in [0, 0.1) is 0 Å². The SMILES string of the molecule is O=C(Nc1cc2oc(N3CCOCC3)nc2nc1N1CCC(O)C1)c1coc(-c2ccnc(C(F)(F)F)c2)n1. The lowest BCUT2D eigenvalue weighted by molar-refractivity contribution is -0.141. The summed E-state index contributed by atoms with van der Waals surface area (Å²) in [6.45, 7) is 3.12. The first kappa shape index (κ1) is 25.1. The first-order valence-corrected chi connectivity index (χ1v) is 12.1. The molecule has 0 spiro atoms. The Morgan fingerprint density at radius 3 is 2.67 bits per heavy atom. The summed E-state index contributed by atoms with van der Waals surface area (Å²) < 4.78 is 55.7. The van der Waals surface area contributed by atoms with Crippen LogP contribution in [0.3, 0.4) is 0 Å². The summed E-state index contributed by atoms with van der Waals surface area (Å²) in [5, 5.41) is 12.8. The van der Waals surface area contributed by atoms with Crippen LogP contribution in [0.2, 0.25) is 0 Å². The van der Waals surface area contributed by atoms with E-state index in [1.54, 1.807) is 6.07 Å². The van der Waals surface area contributed by atoms with Gasteiger partial charge in [0.05, 0.1) is 25.0 Å². The molecule has 204 valence electrons. The zero-order valence-electron chi connectivity index (χ0n) is 20.3. The molecule has 6 rings (SSSR count). The Kier molecular flexibility index (Phi) is 6.31. The molecule has 2 N–H and O–H groups in total. The summed E-state index contributed by atoms with van der Waals surface area (Å²) in [7, 11) is 0. The number of halogens is 3. The molecule has 0 saturated carbocycles. The van der Waals surface area contributed by atoms with Crippen LogP contribution < -0.4 is 15.1 Å². The standard InChI is InChI=1S/C24H22F3N7O5/c25-24(26,27)18-9-13(1-3-28-18)22-30-16(12-38-22)21(36)29-15-10-17-19(31-20(15)34-4-2-14(35)11-34)32-23(39-17)33-5-7-37-8-6-33/h1,3,9-10,12,14,35H,2,4-8,11H2,(H,29,36). The number of alkyl halides is 3. The molecule has 15 heteroatoms. The lowest BCUT2D eigenvalue weighted by Gasteiger charge is -2.24. The Hall–Kier alpha value is -4.24. The van der Waals surface area contributed by atoms with Crippen LogP contribution in [0.15, 0.2) is 39.5 Å². The molecular weight excluding hydrogens is 523 g/mol. The highest BCUT2D eigenvalue weighted by Gasteiger charge is 2.33. The van der Waals surface area contributed by atoms with Gasteiger partial charge in [0.1, 0.15) is 12.0 Å². The zero-order valence-corrected chi connectivity index (χ0v) is 20.3. The number of carbonyl (C=O) groups is 1. The van der Waals surface area contributed by atoms with Crippen LogP contribution in [0.5, 0.6) is 0 Å². The molecule has 0 aliphatic carbocycles. The minimum Gasteiger partial charge on any atom is -0.444 e. The maximum atomic E-state index is 13.1. The first-order valence-electron chi connectivity index (χ1n) is 12.1. The third-order valence-corrected chi connectivity index (χ3v) is 6.38. The number of aliphatic hydroxyl groups excluding tert-OH is 1. The van der Waals surface area contributed by atoms with Gasteiger partial charge in [-0.2, -0.15) is 18.2 Å². The monoisotopic (exact) mass is 545 g/mol. The van der Waals surface area contributed by atoms with E-state index in [4.69, 9.17) is 13.6 Å². The van der Waals surface area contributed by atoms with Gasteiger partial charge in [-0.05, 0) is 18.6 Å². The van der Waals surface area contributed by atoms with Gasteiger partial charge in [-0.15, -0.1) is 0 Å². The summed E-state index contributed by atoms with van der Waals surface area (Å²) >= 11 is 0. The van der Waals surface area contributed by atoms with E-state index >= 15 is 0 Å². The summed E-state index contributed by atoms with van der Waals surface area (Å²) in [6, 6.07) is 4.07. The minimum absolute atomic E-state index is 0.0171. The van der Waals surface area contributed by atoms with Gasteiger partial charge in [0.25, 0.3) is 11.9 Å². The fraction of sp³-hybridized carbons (Fsp3) is 0.375. The van der Waals surface area contributed by atoms with Crippen molar-refractivity contribution in [3.8, 4) is 11.5 Å². The Bertz CT molecular complexity index is 1520. The van der Waals surface area contributed by atoms with Gasteiger partial charge in [0.2, 0.25) is 11.5 Å². The lowest BCUT2D eigenvalue weighted by atomic mass is 10.2. The van der Waals surface area contributed by atoms with Crippen molar-refractivity contribution in [3.05, 3.63) is 42.0 Å². The Labute approximate surface area is 218 Å². The van der Waals surface area contributed by atoms with Crippen molar-refractivity contribution in [1.82, 2.24) is 19.9 Å². The molecular formula is C24H22F3N7O5. The summed E-state index contributed by atoms with van der Waals surface area (Å²) in [6.07, 6.45) is -2.62. The number of nitrogens with zero attached hydrogens (tertiary/aromatic N) is 6. The number of aliphatic hydroxyl groups is 1. The maximum Gasteiger partial charge on any atom is 0.433 e. The Morgan fingerprint density at radius 1 is 1.10 bits per heavy atom. The van der Waals surface area contributed by atoms with Crippen LogP contribution >= 0.6 is 0 Å². The molecule has 4 aromatic heterocycles. The molecule has 2 saturated heterocycles. The number of fused-ring (bicyclic) bond motifs is 1. The highest BCUT2D eigenvalue weighted by Crippen LogP contribution is 2.34. The molecule has 1 unspecified atom stereocenters. The third-order valence-electron chi connectivity index (χ3n) is 6.38. The van der Waals surface area contributed by atoms with Crippen molar-refractivity contribution in [1.29, 1.82) is 0 Å². The number of aromatic nitrogens is 4. The molecule has 1 atom stereocenters. The number of ether oxygens (including phenoxy) is 1. The summed E-state index contributed by atoms with van der Waals surface area (Å²) in [4.78, 5) is 33.4. The van der Waals surface area contributed by atoms with E-state index in [0.29, 0.717) is 74.6 Å². The van der Waals surface area contributed by atoms with Crippen LogP contribution in [0.1, 0.15) is 22.6 Å². The van der Waals surface area contributed by atoms with E-state index in [-0.39, 0.29) is 17.1 Å². The van der Waals surface area contributed by atoms with Gasteiger partial charge in [-0.3, -0.25) is 9.78 Å². The highest BCUT2D eigenvalue weighted by atomic mass is 19.4. The second kappa shape index (κ2) is 9.81. The second-order valence-electron chi connectivity index (χ2n) is 9.09. The van der Waals surface area contributed by atoms with Crippen LogP contribution in [-0.2, 0) is 10.9 Å². The van der Waals surface area contributed by atoms with E-state index in [2.05, 4.69) is 25.3 Å². The molecule has 0 radical (unpaired) electrons. The first-order chi connectivity index (χ1) is 18.7. The number of rotatable bonds is 5. The summed E-state index contributed by atoms with van der Waals surface area (Å²) in [5.74, 6) is -0.457. The molecule has 0 bridgehead atoms. The number of carbonyl (C=O) groups excluding carboxylic acids is 1. The predicted molar refractivity (Wildman–Crippen MR) is 130 cm³/mol. The van der Waals surface area contributed by atoms with E-state index in [1.165, 1.54) is 6.07 Å². The fourth-order valence-corrected chi connectivity index (χ4v) is 4.42. The molecule has 1 amide bonds. The van der Waals surface area contributed by atoms with Crippen molar-refractivity contribution in [2.75, 3.05) is 54.5 Å². The fourth-order valence-electron chi connectivity index (χ4n) is 4.42. The van der Waals surface area contributed by atoms with Crippen LogP contribution in [0.4, 0.5) is 30.7 Å². The number of pyridine rings is 2. The van der Waals surface area contributed by atoms with E-state index in [0.717, 1.165) is 18.5 Å². The Morgan fingerprint density at radius 2 is 1.92 bits per heavy atom. The molecule has 12 nitrogen and oxygen atoms in total. The van der Waals surface area contributed by atoms with Gasteiger partial charge in [-0.25, -0.2) is 9.97 Å². The van der Waals surface area contributed by atoms with Crippen LogP contribution in [0.25, 0.3) is 22.7 Å². The summed E-state index contributed by atoms with van der Waals surface area (Å²) in [5.41, 5.74) is -0.276. The highest BCUT2D eigenvalue weighted by molar-refractivity contribution is 6.05. The van der Waals surface area contributed by atoms with Crippen molar-refractivity contribution < 1.29 is 36.6 Å².